The van der Waals surface area contributed by atoms with Gasteiger partial charge < -0.3 is 10.5 Å². The number of anilines is 1. The third-order valence-corrected chi connectivity index (χ3v) is 7.47. The van der Waals surface area contributed by atoms with Gasteiger partial charge in [0.05, 0.1) is 24.8 Å². The largest absolute Gasteiger partial charge is 0.497 e. The zero-order valence-corrected chi connectivity index (χ0v) is 21.7. The van der Waals surface area contributed by atoms with Crippen molar-refractivity contribution in [2.45, 2.75) is 18.2 Å². The van der Waals surface area contributed by atoms with Gasteiger partial charge in [-0.25, -0.2) is 4.90 Å². The van der Waals surface area contributed by atoms with Crippen molar-refractivity contribution in [3.05, 3.63) is 120 Å². The second kappa shape index (κ2) is 10.4. The summed E-state index contributed by atoms with van der Waals surface area (Å²) in [6, 6.07) is 31.6. The molecule has 200 valence electrons. The number of benzene rings is 4. The number of methoxy groups -OCH3 is 1. The van der Waals surface area contributed by atoms with Gasteiger partial charge in [0.1, 0.15) is 11.8 Å². The van der Waals surface area contributed by atoms with Crippen LogP contribution in [0.15, 0.2) is 109 Å². The van der Waals surface area contributed by atoms with Crippen molar-refractivity contribution in [2.24, 2.45) is 11.7 Å². The summed E-state index contributed by atoms with van der Waals surface area (Å²) in [6.45, 7) is 0. The lowest BCUT2D eigenvalue weighted by Gasteiger charge is -2.32. The smallest absolute Gasteiger partial charge is 0.265 e. The number of ether oxygens (including phenoxy) is 1. The van der Waals surface area contributed by atoms with Gasteiger partial charge >= 0.3 is 0 Å². The van der Waals surface area contributed by atoms with Crippen molar-refractivity contribution >= 4 is 23.4 Å². The van der Waals surface area contributed by atoms with Crippen molar-refractivity contribution in [3.63, 3.8) is 0 Å². The lowest BCUT2D eigenvalue weighted by Crippen LogP contribution is -2.42. The number of nitrogens with two attached hydrogens (primary N) is 1. The molecule has 0 radical (unpaired) electrons. The molecule has 8 heteroatoms. The molecule has 4 atom stereocenters. The predicted molar refractivity (Wildman–Crippen MR) is 149 cm³/mol. The Kier molecular flexibility index (Phi) is 6.63. The van der Waals surface area contributed by atoms with Gasteiger partial charge in [0.2, 0.25) is 11.8 Å². The van der Waals surface area contributed by atoms with Crippen molar-refractivity contribution in [3.8, 4) is 16.9 Å². The third-order valence-electron chi connectivity index (χ3n) is 7.47. The Morgan fingerprint density at radius 3 is 2.00 bits per heavy atom. The standard InChI is InChI=1S/C32H27N3O5/c1-39-25-18-16-24(17-19-25)34-31(37)26-27(23-14-12-21(13-15-23)20-8-4-2-5-9-20)35(40-29(26)32(34)38)28(30(33)36)22-10-6-3-7-11-22/h2-19,26-29H,1H3,(H2,33,36). The van der Waals surface area contributed by atoms with Crippen LogP contribution in [-0.4, -0.2) is 36.0 Å². The van der Waals surface area contributed by atoms with Gasteiger partial charge in [-0.15, -0.1) is 0 Å². The Morgan fingerprint density at radius 2 is 1.40 bits per heavy atom. The Bertz CT molecular complexity index is 1540. The first-order valence-corrected chi connectivity index (χ1v) is 12.9. The second-order valence-corrected chi connectivity index (χ2v) is 9.77. The molecular formula is C32H27N3O5. The molecule has 2 heterocycles. The van der Waals surface area contributed by atoms with Crippen LogP contribution in [0.1, 0.15) is 23.2 Å². The molecule has 8 nitrogen and oxygen atoms in total. The topological polar surface area (TPSA) is 102 Å². The average Bonchev–Trinajstić information content (AvgIpc) is 3.49. The lowest BCUT2D eigenvalue weighted by molar-refractivity contribution is -0.196. The van der Waals surface area contributed by atoms with Crippen LogP contribution in [0.4, 0.5) is 5.69 Å². The minimum absolute atomic E-state index is 0.406. The summed E-state index contributed by atoms with van der Waals surface area (Å²) in [7, 11) is 1.55. The monoisotopic (exact) mass is 533 g/mol. The van der Waals surface area contributed by atoms with E-state index in [-0.39, 0.29) is 0 Å². The first kappa shape index (κ1) is 25.5. The molecule has 0 spiro atoms. The molecule has 0 saturated carbocycles. The highest BCUT2D eigenvalue weighted by Crippen LogP contribution is 2.49. The molecule has 2 N–H and O–H groups in total. The number of nitrogens with zero attached hydrogens (tertiary/aromatic N) is 2. The van der Waals surface area contributed by atoms with E-state index in [1.807, 2.05) is 60.7 Å². The summed E-state index contributed by atoms with van der Waals surface area (Å²) in [6.07, 6.45) is -1.11. The number of imide groups is 1. The Morgan fingerprint density at radius 1 is 0.800 bits per heavy atom. The van der Waals surface area contributed by atoms with E-state index >= 15 is 0 Å². The molecule has 0 aliphatic carbocycles. The van der Waals surface area contributed by atoms with E-state index in [4.69, 9.17) is 15.3 Å². The van der Waals surface area contributed by atoms with E-state index in [9.17, 15) is 14.4 Å². The SMILES string of the molecule is COc1ccc(N2C(=O)C3ON(C(C(N)=O)c4ccccc4)C(c4ccc(-c5ccccc5)cc4)C3C2=O)cc1. The van der Waals surface area contributed by atoms with Crippen LogP contribution in [0.3, 0.4) is 0 Å². The van der Waals surface area contributed by atoms with Gasteiger partial charge in [-0.3, -0.25) is 19.2 Å². The van der Waals surface area contributed by atoms with Gasteiger partial charge in [0.15, 0.2) is 6.10 Å². The fraction of sp³-hybridized carbons (Fsp3) is 0.156. The number of hydroxylamine groups is 2. The molecular weight excluding hydrogens is 506 g/mol. The maximum Gasteiger partial charge on any atom is 0.265 e. The van der Waals surface area contributed by atoms with E-state index in [0.717, 1.165) is 21.6 Å². The molecule has 0 bridgehead atoms. The number of amides is 3. The van der Waals surface area contributed by atoms with Gasteiger partial charge in [0, 0.05) is 0 Å². The van der Waals surface area contributed by atoms with Gasteiger partial charge in [-0.05, 0) is 46.5 Å². The first-order valence-electron chi connectivity index (χ1n) is 12.9. The summed E-state index contributed by atoms with van der Waals surface area (Å²) >= 11 is 0. The number of primary amides is 1. The maximum atomic E-state index is 13.9. The van der Waals surface area contributed by atoms with E-state index in [2.05, 4.69) is 0 Å². The number of carbonyl (C=O) groups is 3. The maximum absolute atomic E-state index is 13.9. The summed E-state index contributed by atoms with van der Waals surface area (Å²) in [5, 5.41) is 1.44. The molecule has 0 aromatic heterocycles. The van der Waals surface area contributed by atoms with Crippen LogP contribution >= 0.6 is 0 Å². The van der Waals surface area contributed by atoms with Crippen molar-refractivity contribution in [1.29, 1.82) is 0 Å². The minimum atomic E-state index is -1.11. The molecule has 6 rings (SSSR count). The van der Waals surface area contributed by atoms with Gasteiger partial charge in [0.25, 0.3) is 5.91 Å². The fourth-order valence-corrected chi connectivity index (χ4v) is 5.57. The third kappa shape index (κ3) is 4.33. The van der Waals surface area contributed by atoms with E-state index in [0.29, 0.717) is 17.0 Å². The summed E-state index contributed by atoms with van der Waals surface area (Å²) < 4.78 is 5.22. The van der Waals surface area contributed by atoms with Crippen molar-refractivity contribution in [2.75, 3.05) is 12.0 Å². The van der Waals surface area contributed by atoms with Crippen LogP contribution in [0.2, 0.25) is 0 Å². The molecule has 2 saturated heterocycles. The first-order chi connectivity index (χ1) is 19.5. The molecule has 4 unspecified atom stereocenters. The molecule has 4 aromatic carbocycles. The second-order valence-electron chi connectivity index (χ2n) is 9.77. The number of fused-ring (bicyclic) bond motifs is 1. The summed E-state index contributed by atoms with van der Waals surface area (Å²) in [5.74, 6) is -1.83. The summed E-state index contributed by atoms with van der Waals surface area (Å²) in [4.78, 5) is 47.8. The highest BCUT2D eigenvalue weighted by atomic mass is 16.7. The quantitative estimate of drug-likeness (QED) is 0.353. The van der Waals surface area contributed by atoms with Crippen molar-refractivity contribution < 1.29 is 24.0 Å². The Balaban J connectivity index is 1.42. The van der Waals surface area contributed by atoms with E-state index in [1.54, 1.807) is 55.6 Å². The van der Waals surface area contributed by atoms with Crippen LogP contribution in [0.5, 0.6) is 5.75 Å². The predicted octanol–water partition coefficient (Wildman–Crippen LogP) is 4.44. The van der Waals surface area contributed by atoms with Crippen LogP contribution in [0.25, 0.3) is 11.1 Å². The Labute approximate surface area is 231 Å². The molecule has 3 amide bonds. The number of hydrogen-bond acceptors (Lipinski definition) is 6. The lowest BCUT2D eigenvalue weighted by atomic mass is 9.88. The van der Waals surface area contributed by atoms with E-state index < -0.39 is 41.8 Å². The zero-order chi connectivity index (χ0) is 27.8. The Hall–Kier alpha value is -4.79. The van der Waals surface area contributed by atoms with Crippen molar-refractivity contribution in [1.82, 2.24) is 5.06 Å². The van der Waals surface area contributed by atoms with Crippen LogP contribution in [-0.2, 0) is 19.2 Å². The fourth-order valence-electron chi connectivity index (χ4n) is 5.57. The molecule has 2 fully saturated rings. The van der Waals surface area contributed by atoms with Gasteiger partial charge in [-0.1, -0.05) is 84.9 Å². The molecule has 40 heavy (non-hydrogen) atoms. The van der Waals surface area contributed by atoms with Crippen LogP contribution < -0.4 is 15.4 Å². The normalized spacial score (nSPS) is 21.3. The summed E-state index contributed by atoms with van der Waals surface area (Å²) in [5.41, 5.74) is 9.70. The van der Waals surface area contributed by atoms with E-state index in [1.165, 1.54) is 5.06 Å². The number of hydrogen-bond donors (Lipinski definition) is 1. The van der Waals surface area contributed by atoms with Gasteiger partial charge in [-0.2, -0.15) is 5.06 Å². The average molecular weight is 534 g/mol. The molecule has 4 aromatic rings. The number of rotatable bonds is 7. The number of carbonyl (C=O) groups excluding carboxylic acids is 3. The minimum Gasteiger partial charge on any atom is -0.497 e. The van der Waals surface area contributed by atoms with Crippen LogP contribution in [0, 0.1) is 5.92 Å². The highest BCUT2D eigenvalue weighted by Gasteiger charge is 2.61. The zero-order valence-electron chi connectivity index (χ0n) is 21.7. The highest BCUT2D eigenvalue weighted by molar-refractivity contribution is 6.23. The molecule has 2 aliphatic rings. The molecule has 2 aliphatic heterocycles.